The number of para-hydroxylation sites is 1. The van der Waals surface area contributed by atoms with Crippen LogP contribution in [-0.4, -0.2) is 50.3 Å². The number of anilines is 1. The number of nitrogens with zero attached hydrogens (tertiary/aromatic N) is 2. The van der Waals surface area contributed by atoms with Gasteiger partial charge in [0.2, 0.25) is 6.79 Å². The van der Waals surface area contributed by atoms with Crippen molar-refractivity contribution in [3.63, 3.8) is 0 Å². The molecule has 3 aromatic carbocycles. The largest absolute Gasteiger partial charge is 0.454 e. The highest BCUT2D eigenvalue weighted by molar-refractivity contribution is 5.94. The highest BCUT2D eigenvalue weighted by Gasteiger charge is 2.28. The minimum Gasteiger partial charge on any atom is -0.454 e. The molecule has 0 aromatic heterocycles. The maximum atomic E-state index is 14.3. The minimum absolute atomic E-state index is 0.144. The van der Waals surface area contributed by atoms with Crippen LogP contribution < -0.4 is 19.7 Å². The van der Waals surface area contributed by atoms with Crippen LogP contribution >= 0.6 is 0 Å². The van der Waals surface area contributed by atoms with Crippen molar-refractivity contribution in [2.24, 2.45) is 0 Å². The first-order chi connectivity index (χ1) is 16.6. The molecule has 3 aromatic rings. The Bertz CT molecular complexity index is 1180. The van der Waals surface area contributed by atoms with Crippen molar-refractivity contribution < 1.29 is 23.0 Å². The summed E-state index contributed by atoms with van der Waals surface area (Å²) in [5.41, 5.74) is 1.85. The van der Waals surface area contributed by atoms with Gasteiger partial charge in [-0.1, -0.05) is 24.3 Å². The number of hydrogen-bond donors (Lipinski definition) is 1. The Balaban J connectivity index is 1.33. The van der Waals surface area contributed by atoms with Crippen LogP contribution in [0.25, 0.3) is 0 Å². The number of rotatable bonds is 6. The van der Waals surface area contributed by atoms with E-state index in [-0.39, 0.29) is 30.1 Å². The van der Waals surface area contributed by atoms with Crippen molar-refractivity contribution in [1.29, 1.82) is 0 Å². The zero-order chi connectivity index (χ0) is 23.5. The summed E-state index contributed by atoms with van der Waals surface area (Å²) in [6.45, 7) is 3.18. The average Bonchev–Trinajstić information content (AvgIpc) is 3.33. The fourth-order valence-electron chi connectivity index (χ4n) is 4.48. The second-order valence-corrected chi connectivity index (χ2v) is 8.32. The maximum absolute atomic E-state index is 14.3. The van der Waals surface area contributed by atoms with E-state index in [4.69, 9.17) is 9.47 Å². The summed E-state index contributed by atoms with van der Waals surface area (Å²) in [5.74, 6) is 0.338. The van der Waals surface area contributed by atoms with Gasteiger partial charge in [-0.05, 0) is 48.0 Å². The van der Waals surface area contributed by atoms with Gasteiger partial charge in [-0.2, -0.15) is 0 Å². The van der Waals surface area contributed by atoms with E-state index in [1.807, 2.05) is 29.2 Å². The van der Waals surface area contributed by atoms with E-state index in [0.29, 0.717) is 49.9 Å². The summed E-state index contributed by atoms with van der Waals surface area (Å²) in [7, 11) is 0. The van der Waals surface area contributed by atoms with Gasteiger partial charge < -0.3 is 19.7 Å². The molecule has 1 fully saturated rings. The van der Waals surface area contributed by atoms with Crippen LogP contribution in [0.3, 0.4) is 0 Å². The molecule has 2 aliphatic rings. The smallest absolute Gasteiger partial charge is 0.251 e. The lowest BCUT2D eigenvalue weighted by atomic mass is 10.0. The number of halogens is 2. The van der Waals surface area contributed by atoms with E-state index in [1.54, 1.807) is 18.2 Å². The SMILES string of the molecule is O=C(NC[C@@H](c1ccc2c(c1)OCO2)N1CCN(c2ccccc2F)CC1)c1cccc(F)c1. The number of ether oxygens (including phenoxy) is 2. The normalized spacial score (nSPS) is 16.4. The van der Waals surface area contributed by atoms with E-state index < -0.39 is 5.82 Å². The predicted molar refractivity (Wildman–Crippen MR) is 124 cm³/mol. The third-order valence-corrected chi connectivity index (χ3v) is 6.27. The molecular formula is C26H25F2N3O3. The van der Waals surface area contributed by atoms with Crippen LogP contribution in [0.15, 0.2) is 66.7 Å². The predicted octanol–water partition coefficient (Wildman–Crippen LogP) is 3.99. The van der Waals surface area contributed by atoms with E-state index >= 15 is 0 Å². The van der Waals surface area contributed by atoms with E-state index in [1.165, 1.54) is 24.3 Å². The van der Waals surface area contributed by atoms with Crippen molar-refractivity contribution in [2.45, 2.75) is 6.04 Å². The molecule has 0 spiro atoms. The van der Waals surface area contributed by atoms with Gasteiger partial charge in [-0.3, -0.25) is 9.69 Å². The molecule has 2 heterocycles. The molecular weight excluding hydrogens is 440 g/mol. The summed E-state index contributed by atoms with van der Waals surface area (Å²) >= 11 is 0. The van der Waals surface area contributed by atoms with Gasteiger partial charge in [0, 0.05) is 38.3 Å². The Morgan fingerprint density at radius 1 is 0.912 bits per heavy atom. The molecule has 0 radical (unpaired) electrons. The minimum atomic E-state index is -0.454. The van der Waals surface area contributed by atoms with Gasteiger partial charge in [-0.25, -0.2) is 8.78 Å². The molecule has 1 saturated heterocycles. The molecule has 8 heteroatoms. The van der Waals surface area contributed by atoms with Crippen LogP contribution in [0.4, 0.5) is 14.5 Å². The number of nitrogens with one attached hydrogen (secondary N) is 1. The molecule has 2 aliphatic heterocycles. The molecule has 0 unspecified atom stereocenters. The van der Waals surface area contributed by atoms with Gasteiger partial charge in [0.25, 0.3) is 5.91 Å². The fraction of sp³-hybridized carbons (Fsp3) is 0.269. The number of hydrogen-bond acceptors (Lipinski definition) is 5. The van der Waals surface area contributed by atoms with Gasteiger partial charge >= 0.3 is 0 Å². The van der Waals surface area contributed by atoms with Gasteiger partial charge in [0.15, 0.2) is 11.5 Å². The molecule has 1 amide bonds. The Kier molecular flexibility index (Phi) is 6.31. The molecule has 34 heavy (non-hydrogen) atoms. The number of carbonyl (C=O) groups excluding carboxylic acids is 1. The van der Waals surface area contributed by atoms with Gasteiger partial charge in [0.1, 0.15) is 11.6 Å². The van der Waals surface area contributed by atoms with Crippen molar-refractivity contribution in [3.05, 3.63) is 89.5 Å². The first-order valence-corrected chi connectivity index (χ1v) is 11.3. The molecule has 0 saturated carbocycles. The standard InChI is InChI=1S/C26H25F2N3O3/c27-20-5-3-4-19(14-20)26(32)29-16-23(18-8-9-24-25(15-18)34-17-33-24)31-12-10-30(11-13-31)22-7-2-1-6-21(22)28/h1-9,14-15,23H,10-13,16-17H2,(H,29,32)/t23-/m0/s1. The lowest BCUT2D eigenvalue weighted by molar-refractivity contribution is 0.0929. The number of amides is 1. The zero-order valence-corrected chi connectivity index (χ0v) is 18.5. The van der Waals surface area contributed by atoms with E-state index in [9.17, 15) is 13.6 Å². The van der Waals surface area contributed by atoms with Crippen molar-refractivity contribution in [2.75, 3.05) is 44.4 Å². The molecule has 5 rings (SSSR count). The zero-order valence-electron chi connectivity index (χ0n) is 18.5. The summed E-state index contributed by atoms with van der Waals surface area (Å²) in [6, 6.07) is 18.0. The third-order valence-electron chi connectivity index (χ3n) is 6.27. The third kappa shape index (κ3) is 4.68. The van der Waals surface area contributed by atoms with E-state index in [2.05, 4.69) is 10.2 Å². The molecule has 0 aliphatic carbocycles. The fourth-order valence-corrected chi connectivity index (χ4v) is 4.48. The van der Waals surface area contributed by atoms with Gasteiger partial charge in [0.05, 0.1) is 11.7 Å². The van der Waals surface area contributed by atoms with E-state index in [0.717, 1.165) is 5.56 Å². The van der Waals surface area contributed by atoms with Crippen molar-refractivity contribution in [1.82, 2.24) is 10.2 Å². The summed E-state index contributed by atoms with van der Waals surface area (Å²) < 4.78 is 38.8. The molecule has 1 atom stereocenters. The summed E-state index contributed by atoms with van der Waals surface area (Å²) in [6.07, 6.45) is 0. The monoisotopic (exact) mass is 465 g/mol. The lowest BCUT2D eigenvalue weighted by Gasteiger charge is -2.40. The Labute approximate surface area is 196 Å². The van der Waals surface area contributed by atoms with Crippen molar-refractivity contribution >= 4 is 11.6 Å². The van der Waals surface area contributed by atoms with Crippen LogP contribution in [0.5, 0.6) is 11.5 Å². The Morgan fingerprint density at radius 3 is 2.50 bits per heavy atom. The second kappa shape index (κ2) is 9.69. The average molecular weight is 466 g/mol. The quantitative estimate of drug-likeness (QED) is 0.597. The molecule has 0 bridgehead atoms. The Hall–Kier alpha value is -3.65. The lowest BCUT2D eigenvalue weighted by Crippen LogP contribution is -2.50. The van der Waals surface area contributed by atoms with Crippen LogP contribution in [0, 0.1) is 11.6 Å². The summed E-state index contributed by atoms with van der Waals surface area (Å²) in [4.78, 5) is 17.0. The van der Waals surface area contributed by atoms with Gasteiger partial charge in [-0.15, -0.1) is 0 Å². The first-order valence-electron chi connectivity index (χ1n) is 11.3. The summed E-state index contributed by atoms with van der Waals surface area (Å²) in [5, 5.41) is 2.95. The first kappa shape index (κ1) is 22.2. The Morgan fingerprint density at radius 2 is 1.71 bits per heavy atom. The highest BCUT2D eigenvalue weighted by Crippen LogP contribution is 2.36. The van der Waals surface area contributed by atoms with Crippen LogP contribution in [-0.2, 0) is 0 Å². The number of benzene rings is 3. The maximum Gasteiger partial charge on any atom is 0.251 e. The number of carbonyl (C=O) groups is 1. The van der Waals surface area contributed by atoms with Crippen LogP contribution in [0.2, 0.25) is 0 Å². The molecule has 176 valence electrons. The molecule has 6 nitrogen and oxygen atoms in total. The molecule has 1 N–H and O–H groups in total. The highest BCUT2D eigenvalue weighted by atomic mass is 19.1. The topological polar surface area (TPSA) is 54.0 Å². The number of piperazine rings is 1. The second-order valence-electron chi connectivity index (χ2n) is 8.32. The van der Waals surface area contributed by atoms with Crippen molar-refractivity contribution in [3.8, 4) is 11.5 Å². The van der Waals surface area contributed by atoms with Crippen LogP contribution in [0.1, 0.15) is 22.0 Å². The number of fused-ring (bicyclic) bond motifs is 1.